The molecule has 8 heteroatoms. The van der Waals surface area contributed by atoms with Crippen LogP contribution < -0.4 is 11.1 Å². The average Bonchev–Trinajstić information content (AvgIpc) is 3.02. The van der Waals surface area contributed by atoms with Gasteiger partial charge < -0.3 is 11.1 Å². The highest BCUT2D eigenvalue weighted by molar-refractivity contribution is 9.10. The fourth-order valence-corrected chi connectivity index (χ4v) is 5.50. The maximum Gasteiger partial charge on any atom is 0.234 e. The van der Waals surface area contributed by atoms with E-state index >= 15 is 0 Å². The lowest BCUT2D eigenvalue weighted by Crippen LogP contribution is -2.14. The third-order valence-electron chi connectivity index (χ3n) is 4.60. The molecule has 0 atom stereocenters. The second-order valence-electron chi connectivity index (χ2n) is 6.58. The highest BCUT2D eigenvalue weighted by Gasteiger charge is 2.20. The van der Waals surface area contributed by atoms with Crippen LogP contribution in [0.4, 0.5) is 11.5 Å². The minimum Gasteiger partial charge on any atom is -0.383 e. The molecule has 2 heterocycles. The number of nitrogens with one attached hydrogen (secondary N) is 1. The van der Waals surface area contributed by atoms with Gasteiger partial charge in [-0.05, 0) is 61.9 Å². The van der Waals surface area contributed by atoms with Gasteiger partial charge >= 0.3 is 0 Å². The molecule has 0 radical (unpaired) electrons. The van der Waals surface area contributed by atoms with Gasteiger partial charge in [0, 0.05) is 15.0 Å². The van der Waals surface area contributed by atoms with Crippen LogP contribution >= 0.6 is 39.0 Å². The predicted molar refractivity (Wildman–Crippen MR) is 117 cm³/mol. The van der Waals surface area contributed by atoms with E-state index in [0.717, 1.165) is 38.8 Å². The minimum atomic E-state index is -0.0885. The van der Waals surface area contributed by atoms with Crippen LogP contribution in [-0.2, 0) is 17.6 Å². The summed E-state index contributed by atoms with van der Waals surface area (Å²) in [6, 6.07) is 5.73. The van der Waals surface area contributed by atoms with E-state index in [4.69, 9.17) is 5.73 Å². The van der Waals surface area contributed by atoms with Crippen molar-refractivity contribution in [2.24, 2.45) is 0 Å². The molecule has 0 saturated heterocycles. The van der Waals surface area contributed by atoms with E-state index in [1.807, 2.05) is 25.1 Å². The first-order valence-corrected chi connectivity index (χ1v) is 11.4. The van der Waals surface area contributed by atoms with Crippen molar-refractivity contribution in [2.45, 2.75) is 37.8 Å². The highest BCUT2D eigenvalue weighted by atomic mass is 79.9. The van der Waals surface area contributed by atoms with Crippen molar-refractivity contribution < 1.29 is 4.79 Å². The predicted octanol–water partition coefficient (Wildman–Crippen LogP) is 4.95. The van der Waals surface area contributed by atoms with Gasteiger partial charge in [0.25, 0.3) is 0 Å². The Morgan fingerprint density at radius 3 is 2.96 bits per heavy atom. The number of amides is 1. The van der Waals surface area contributed by atoms with Crippen LogP contribution in [0, 0.1) is 6.92 Å². The fourth-order valence-electron chi connectivity index (χ4n) is 3.28. The van der Waals surface area contributed by atoms with Gasteiger partial charge in [-0.15, -0.1) is 11.3 Å². The Bertz CT molecular complexity index is 1030. The van der Waals surface area contributed by atoms with Crippen LogP contribution in [0.1, 0.15) is 28.8 Å². The van der Waals surface area contributed by atoms with Gasteiger partial charge in [0.2, 0.25) is 5.91 Å². The molecule has 27 heavy (non-hydrogen) atoms. The quantitative estimate of drug-likeness (QED) is 0.423. The normalized spacial score (nSPS) is 13.6. The zero-order chi connectivity index (χ0) is 19.0. The van der Waals surface area contributed by atoms with Gasteiger partial charge in [-0.25, -0.2) is 9.97 Å². The van der Waals surface area contributed by atoms with E-state index < -0.39 is 0 Å². The third-order valence-corrected chi connectivity index (χ3v) is 7.52. The molecule has 4 rings (SSSR count). The van der Waals surface area contributed by atoms with Crippen LogP contribution in [-0.4, -0.2) is 21.6 Å². The van der Waals surface area contributed by atoms with Gasteiger partial charge in [-0.2, -0.15) is 0 Å². The number of halogens is 1. The SMILES string of the molecule is Cc1cc(NC(=O)CSc2nc(N)c3c4c(sc3n2)CCCC4)ccc1Br. The number of hydrogen-bond acceptors (Lipinski definition) is 6. The van der Waals surface area contributed by atoms with E-state index in [2.05, 4.69) is 31.2 Å². The Hall–Kier alpha value is -1.64. The van der Waals surface area contributed by atoms with Crippen molar-refractivity contribution in [3.63, 3.8) is 0 Å². The van der Waals surface area contributed by atoms with E-state index in [1.54, 1.807) is 11.3 Å². The minimum absolute atomic E-state index is 0.0885. The van der Waals surface area contributed by atoms with Crippen LogP contribution in [0.5, 0.6) is 0 Å². The first-order valence-electron chi connectivity index (χ1n) is 8.78. The van der Waals surface area contributed by atoms with Gasteiger partial charge in [-0.1, -0.05) is 27.7 Å². The first-order chi connectivity index (χ1) is 13.0. The maximum absolute atomic E-state index is 12.3. The first kappa shape index (κ1) is 18.7. The zero-order valence-corrected chi connectivity index (χ0v) is 18.1. The number of nitrogens with zero attached hydrogens (tertiary/aromatic N) is 2. The summed E-state index contributed by atoms with van der Waals surface area (Å²) in [5.74, 6) is 0.686. The molecule has 1 aromatic carbocycles. The van der Waals surface area contributed by atoms with Gasteiger partial charge in [0.1, 0.15) is 10.6 Å². The molecule has 0 fully saturated rings. The number of aryl methyl sites for hydroxylation is 3. The number of aromatic nitrogens is 2. The summed E-state index contributed by atoms with van der Waals surface area (Å²) in [7, 11) is 0. The second-order valence-corrected chi connectivity index (χ2v) is 9.46. The van der Waals surface area contributed by atoms with Crippen LogP contribution in [0.3, 0.4) is 0 Å². The number of carbonyl (C=O) groups is 1. The van der Waals surface area contributed by atoms with Crippen molar-refractivity contribution >= 4 is 66.7 Å². The molecule has 0 unspecified atom stereocenters. The van der Waals surface area contributed by atoms with E-state index in [1.165, 1.54) is 35.0 Å². The number of benzene rings is 1. The van der Waals surface area contributed by atoms with Crippen molar-refractivity contribution in [1.29, 1.82) is 0 Å². The molecule has 140 valence electrons. The van der Waals surface area contributed by atoms with Crippen molar-refractivity contribution in [3.05, 3.63) is 38.7 Å². The van der Waals surface area contributed by atoms with Gasteiger partial charge in [-0.3, -0.25) is 4.79 Å². The fraction of sp³-hybridized carbons (Fsp3) is 0.316. The molecule has 3 N–H and O–H groups in total. The number of thioether (sulfide) groups is 1. The van der Waals surface area contributed by atoms with Gasteiger partial charge in [0.15, 0.2) is 5.16 Å². The topological polar surface area (TPSA) is 80.9 Å². The Morgan fingerprint density at radius 1 is 1.33 bits per heavy atom. The van der Waals surface area contributed by atoms with Crippen molar-refractivity contribution in [3.8, 4) is 0 Å². The number of anilines is 2. The summed E-state index contributed by atoms with van der Waals surface area (Å²) in [5.41, 5.74) is 9.41. The van der Waals surface area contributed by atoms with E-state index in [9.17, 15) is 4.79 Å². The zero-order valence-electron chi connectivity index (χ0n) is 14.8. The van der Waals surface area contributed by atoms with Crippen molar-refractivity contribution in [1.82, 2.24) is 9.97 Å². The summed E-state index contributed by atoms with van der Waals surface area (Å²) in [4.78, 5) is 23.7. The number of thiophene rings is 1. The number of rotatable bonds is 4. The molecule has 1 aliphatic carbocycles. The number of nitrogen functional groups attached to an aromatic ring is 1. The molecule has 0 aliphatic heterocycles. The Morgan fingerprint density at radius 2 is 2.15 bits per heavy atom. The Labute approximate surface area is 174 Å². The van der Waals surface area contributed by atoms with Crippen LogP contribution in [0.2, 0.25) is 0 Å². The third kappa shape index (κ3) is 3.97. The molecular formula is C19H19BrN4OS2. The highest BCUT2D eigenvalue weighted by Crippen LogP contribution is 2.38. The summed E-state index contributed by atoms with van der Waals surface area (Å²) >= 11 is 6.49. The maximum atomic E-state index is 12.3. The summed E-state index contributed by atoms with van der Waals surface area (Å²) in [5, 5.41) is 4.49. The molecule has 2 aromatic heterocycles. The summed E-state index contributed by atoms with van der Waals surface area (Å²) in [6.45, 7) is 1.99. The largest absolute Gasteiger partial charge is 0.383 e. The lowest BCUT2D eigenvalue weighted by molar-refractivity contribution is -0.113. The molecule has 3 aromatic rings. The lowest BCUT2D eigenvalue weighted by atomic mass is 9.97. The van der Waals surface area contributed by atoms with E-state index in [0.29, 0.717) is 11.0 Å². The number of hydrogen-bond donors (Lipinski definition) is 2. The monoisotopic (exact) mass is 462 g/mol. The summed E-state index contributed by atoms with van der Waals surface area (Å²) < 4.78 is 1.02. The molecule has 5 nitrogen and oxygen atoms in total. The smallest absolute Gasteiger partial charge is 0.234 e. The van der Waals surface area contributed by atoms with Crippen molar-refractivity contribution in [2.75, 3.05) is 16.8 Å². The summed E-state index contributed by atoms with van der Waals surface area (Å²) in [6.07, 6.45) is 4.59. The van der Waals surface area contributed by atoms with E-state index in [-0.39, 0.29) is 11.7 Å². The Kier molecular flexibility index (Phi) is 5.39. The lowest BCUT2D eigenvalue weighted by Gasteiger charge is -2.10. The molecule has 0 spiro atoms. The second kappa shape index (κ2) is 7.77. The van der Waals surface area contributed by atoms with Crippen LogP contribution in [0.15, 0.2) is 27.8 Å². The van der Waals surface area contributed by atoms with Gasteiger partial charge in [0.05, 0.1) is 11.1 Å². The molecule has 1 aliphatic rings. The molecule has 0 bridgehead atoms. The average molecular weight is 463 g/mol. The number of nitrogens with two attached hydrogens (primary N) is 1. The Balaban J connectivity index is 1.47. The molecule has 1 amide bonds. The molecular weight excluding hydrogens is 444 g/mol. The standard InChI is InChI=1S/C19H19BrN4OS2/c1-10-8-11(6-7-13(10)20)22-15(25)9-26-19-23-17(21)16-12-4-2-3-5-14(12)27-18(16)24-19/h6-8H,2-5,9H2,1H3,(H,22,25)(H2,21,23,24). The number of carbonyl (C=O) groups excluding carboxylic acids is 1. The molecule has 0 saturated carbocycles. The number of fused-ring (bicyclic) bond motifs is 3. The van der Waals surface area contributed by atoms with Crippen LogP contribution in [0.25, 0.3) is 10.2 Å².